The maximum absolute atomic E-state index is 12.2. The number of carbonyl (C=O) groups is 1. The Morgan fingerprint density at radius 1 is 1.32 bits per heavy atom. The lowest BCUT2D eigenvalue weighted by atomic mass is 10.1. The molecule has 0 aliphatic carbocycles. The van der Waals surface area contributed by atoms with E-state index >= 15 is 0 Å². The van der Waals surface area contributed by atoms with Crippen LogP contribution in [0.2, 0.25) is 5.02 Å². The first-order chi connectivity index (χ1) is 8.90. The Kier molecular flexibility index (Phi) is 6.01. The summed E-state index contributed by atoms with van der Waals surface area (Å²) in [5.41, 5.74) is 0.786. The molecule has 1 rings (SSSR count). The van der Waals surface area contributed by atoms with E-state index in [2.05, 4.69) is 5.32 Å². The molecule has 1 atom stereocenters. The predicted molar refractivity (Wildman–Crippen MR) is 74.5 cm³/mol. The van der Waals surface area contributed by atoms with Crippen LogP contribution >= 0.6 is 19.2 Å². The Balaban J connectivity index is 2.98. The predicted octanol–water partition coefficient (Wildman–Crippen LogP) is 3.00. The largest absolute Gasteiger partial charge is 0.349 e. The molecular weight excluding hydrogens is 289 g/mol. The van der Waals surface area contributed by atoms with Gasteiger partial charge in [0.15, 0.2) is 0 Å². The summed E-state index contributed by atoms with van der Waals surface area (Å²) in [5, 5.41) is 3.32. The third-order valence-corrected chi connectivity index (χ3v) is 4.79. The quantitative estimate of drug-likeness (QED) is 0.821. The van der Waals surface area contributed by atoms with Crippen molar-refractivity contribution in [3.63, 3.8) is 0 Å². The molecule has 0 aliphatic heterocycles. The van der Waals surface area contributed by atoms with E-state index in [1.165, 1.54) is 21.1 Å². The minimum Gasteiger partial charge on any atom is -0.349 e. The summed E-state index contributed by atoms with van der Waals surface area (Å²) < 4.78 is 22.0. The Bertz CT molecular complexity index is 469. The van der Waals surface area contributed by atoms with E-state index in [0.717, 1.165) is 5.56 Å². The van der Waals surface area contributed by atoms with Crippen LogP contribution < -0.4 is 5.32 Å². The molecule has 19 heavy (non-hydrogen) atoms. The smallest absolute Gasteiger partial charge is 0.332 e. The van der Waals surface area contributed by atoms with Gasteiger partial charge in [0.25, 0.3) is 0 Å². The third-order valence-electron chi connectivity index (χ3n) is 2.61. The summed E-state index contributed by atoms with van der Waals surface area (Å²) >= 11 is 5.82. The molecule has 1 N–H and O–H groups in total. The van der Waals surface area contributed by atoms with E-state index in [1.807, 2.05) is 0 Å². The van der Waals surface area contributed by atoms with Gasteiger partial charge in [-0.25, -0.2) is 0 Å². The Morgan fingerprint density at radius 2 is 1.84 bits per heavy atom. The van der Waals surface area contributed by atoms with Crippen LogP contribution in [0.1, 0.15) is 18.5 Å². The van der Waals surface area contributed by atoms with Crippen molar-refractivity contribution >= 4 is 25.1 Å². The standard InChI is InChI=1S/C12H17ClNO4P/c1-9(15)14-12(8-19(16,17-2)18-3)10-4-6-11(13)7-5-10/h4-7,12H,8H2,1-3H3,(H,14,15)/t12-/m1/s1. The van der Waals surface area contributed by atoms with Crippen LogP contribution in [-0.2, 0) is 18.4 Å². The highest BCUT2D eigenvalue weighted by molar-refractivity contribution is 7.53. The van der Waals surface area contributed by atoms with Crippen LogP contribution in [0, 0.1) is 0 Å². The van der Waals surface area contributed by atoms with Crippen molar-refractivity contribution < 1.29 is 18.4 Å². The lowest BCUT2D eigenvalue weighted by Gasteiger charge is -2.22. The van der Waals surface area contributed by atoms with Crippen molar-refractivity contribution in [1.82, 2.24) is 5.32 Å². The summed E-state index contributed by atoms with van der Waals surface area (Å²) in [4.78, 5) is 11.2. The Hall–Kier alpha value is -0.870. The molecule has 1 amide bonds. The van der Waals surface area contributed by atoms with Gasteiger partial charge in [-0.3, -0.25) is 9.36 Å². The van der Waals surface area contributed by atoms with Crippen molar-refractivity contribution in [2.75, 3.05) is 20.4 Å². The van der Waals surface area contributed by atoms with Gasteiger partial charge in [-0.15, -0.1) is 0 Å². The minimum absolute atomic E-state index is 0.0568. The molecule has 0 saturated carbocycles. The summed E-state index contributed by atoms with van der Waals surface area (Å²) in [5.74, 6) is -0.223. The van der Waals surface area contributed by atoms with Gasteiger partial charge in [-0.2, -0.15) is 0 Å². The SMILES string of the molecule is COP(=O)(C[C@@H](NC(C)=O)c1ccc(Cl)cc1)OC. The number of rotatable bonds is 6. The molecular formula is C12H17ClNO4P. The van der Waals surface area contributed by atoms with E-state index < -0.39 is 13.6 Å². The number of benzene rings is 1. The molecule has 0 radical (unpaired) electrons. The average Bonchev–Trinajstić information content (AvgIpc) is 2.38. The van der Waals surface area contributed by atoms with E-state index in [-0.39, 0.29) is 12.1 Å². The van der Waals surface area contributed by atoms with E-state index in [4.69, 9.17) is 20.6 Å². The molecule has 5 nitrogen and oxygen atoms in total. The highest BCUT2D eigenvalue weighted by atomic mass is 35.5. The van der Waals surface area contributed by atoms with Crippen LogP contribution in [0.4, 0.5) is 0 Å². The number of hydrogen-bond acceptors (Lipinski definition) is 4. The highest BCUT2D eigenvalue weighted by Gasteiger charge is 2.28. The van der Waals surface area contributed by atoms with Gasteiger partial charge >= 0.3 is 7.60 Å². The molecule has 0 unspecified atom stereocenters. The molecule has 1 aromatic carbocycles. The van der Waals surface area contributed by atoms with E-state index in [9.17, 15) is 9.36 Å². The molecule has 0 spiro atoms. The topological polar surface area (TPSA) is 64.6 Å². The Morgan fingerprint density at radius 3 is 2.26 bits per heavy atom. The molecule has 0 heterocycles. The molecule has 0 bridgehead atoms. The fourth-order valence-electron chi connectivity index (χ4n) is 1.62. The zero-order valence-electron chi connectivity index (χ0n) is 11.1. The van der Waals surface area contributed by atoms with Crippen molar-refractivity contribution in [3.8, 4) is 0 Å². The zero-order chi connectivity index (χ0) is 14.5. The molecule has 106 valence electrons. The van der Waals surface area contributed by atoms with Gasteiger partial charge in [0.2, 0.25) is 5.91 Å². The summed E-state index contributed by atoms with van der Waals surface area (Å²) in [7, 11) is -0.586. The van der Waals surface area contributed by atoms with Gasteiger partial charge in [-0.05, 0) is 17.7 Å². The summed E-state index contributed by atoms with van der Waals surface area (Å²) in [6.07, 6.45) is 0.0568. The normalized spacial score (nSPS) is 13.1. The van der Waals surface area contributed by atoms with Gasteiger partial charge in [0.05, 0.1) is 12.2 Å². The minimum atomic E-state index is -3.22. The number of halogens is 1. The van der Waals surface area contributed by atoms with Crippen LogP contribution in [0.25, 0.3) is 0 Å². The molecule has 0 saturated heterocycles. The summed E-state index contributed by atoms with van der Waals surface area (Å²) in [6.45, 7) is 1.40. The van der Waals surface area contributed by atoms with Crippen LogP contribution in [0.15, 0.2) is 24.3 Å². The number of carbonyl (C=O) groups excluding carboxylic acids is 1. The highest BCUT2D eigenvalue weighted by Crippen LogP contribution is 2.49. The molecule has 7 heteroatoms. The molecule has 0 aromatic heterocycles. The maximum Gasteiger partial charge on any atom is 0.332 e. The van der Waals surface area contributed by atoms with Crippen molar-refractivity contribution in [2.24, 2.45) is 0 Å². The number of nitrogens with one attached hydrogen (secondary N) is 1. The fraction of sp³-hybridized carbons (Fsp3) is 0.417. The van der Waals surface area contributed by atoms with Gasteiger partial charge in [-0.1, -0.05) is 23.7 Å². The average molecular weight is 306 g/mol. The first-order valence-electron chi connectivity index (χ1n) is 5.63. The molecule has 1 aromatic rings. The second-order valence-electron chi connectivity index (χ2n) is 3.96. The molecule has 0 aliphatic rings. The van der Waals surface area contributed by atoms with E-state index in [1.54, 1.807) is 24.3 Å². The van der Waals surface area contributed by atoms with Crippen LogP contribution in [-0.4, -0.2) is 26.3 Å². The van der Waals surface area contributed by atoms with Crippen LogP contribution in [0.3, 0.4) is 0 Å². The van der Waals surface area contributed by atoms with Crippen molar-refractivity contribution in [1.29, 1.82) is 0 Å². The lowest BCUT2D eigenvalue weighted by Crippen LogP contribution is -2.29. The summed E-state index contributed by atoms with van der Waals surface area (Å²) in [6, 6.07) is 6.48. The first-order valence-corrected chi connectivity index (χ1v) is 7.74. The van der Waals surface area contributed by atoms with Crippen LogP contribution in [0.5, 0.6) is 0 Å². The second-order valence-corrected chi connectivity index (χ2v) is 6.72. The first kappa shape index (κ1) is 16.2. The molecule has 0 fully saturated rings. The number of hydrogen-bond donors (Lipinski definition) is 1. The fourth-order valence-corrected chi connectivity index (χ4v) is 2.94. The van der Waals surface area contributed by atoms with Crippen molar-refractivity contribution in [3.05, 3.63) is 34.9 Å². The van der Waals surface area contributed by atoms with E-state index in [0.29, 0.717) is 5.02 Å². The number of amides is 1. The van der Waals surface area contributed by atoms with Crippen molar-refractivity contribution in [2.45, 2.75) is 13.0 Å². The van der Waals surface area contributed by atoms with Gasteiger partial charge in [0, 0.05) is 26.2 Å². The van der Waals surface area contributed by atoms with Gasteiger partial charge < -0.3 is 14.4 Å². The van der Waals surface area contributed by atoms with Gasteiger partial charge in [0.1, 0.15) is 0 Å². The maximum atomic E-state index is 12.2. The second kappa shape index (κ2) is 7.06. The lowest BCUT2D eigenvalue weighted by molar-refractivity contribution is -0.119. The third kappa shape index (κ3) is 4.96. The Labute approximate surface area is 117 Å². The monoisotopic (exact) mass is 305 g/mol. The zero-order valence-corrected chi connectivity index (χ0v) is 12.7.